The Kier molecular flexibility index (Phi) is 3.25. The second kappa shape index (κ2) is 4.45. The maximum absolute atomic E-state index is 11.0. The number of carbonyl (C=O) groups is 1. The quantitative estimate of drug-likeness (QED) is 0.375. The minimum absolute atomic E-state index is 0.204. The molecule has 0 N–H and O–H groups in total. The number of allylic oxidation sites excluding steroid dienone is 1. The Hall–Kier alpha value is -1.58. The highest BCUT2D eigenvalue weighted by Gasteiger charge is 2.21. The second-order valence-corrected chi connectivity index (χ2v) is 2.30. The summed E-state index contributed by atoms with van der Waals surface area (Å²) in [5.41, 5.74) is 0.204. The van der Waals surface area contributed by atoms with Crippen molar-refractivity contribution in [2.45, 2.75) is 13.8 Å². The molecule has 13 heavy (non-hydrogen) atoms. The number of aliphatic imine (C=N–C) groups is 1. The van der Waals surface area contributed by atoms with E-state index in [-0.39, 0.29) is 5.70 Å². The van der Waals surface area contributed by atoms with Crippen LogP contribution in [0.1, 0.15) is 13.8 Å². The fraction of sp³-hybridized carbons (Fsp3) is 0.333. The maximum Gasteiger partial charge on any atom is 0.367 e. The van der Waals surface area contributed by atoms with Crippen molar-refractivity contribution in [2.75, 3.05) is 6.61 Å². The van der Waals surface area contributed by atoms with Crippen molar-refractivity contribution in [3.05, 3.63) is 24.1 Å². The molecule has 1 rings (SSSR count). The first kappa shape index (κ1) is 9.51. The summed E-state index contributed by atoms with van der Waals surface area (Å²) in [5.74, 6) is -0.167. The number of nitrogens with zero attached hydrogens (tertiary/aromatic N) is 1. The van der Waals surface area contributed by atoms with Crippen LogP contribution in [0, 0.1) is 0 Å². The predicted octanol–water partition coefficient (Wildman–Crippen LogP) is 1.40. The molecule has 0 aromatic carbocycles. The normalized spacial score (nSPS) is 19.4. The molecular formula is C9H11NO3. The Morgan fingerprint density at radius 3 is 3.00 bits per heavy atom. The van der Waals surface area contributed by atoms with E-state index in [1.54, 1.807) is 12.2 Å². The molecule has 1 heterocycles. The van der Waals surface area contributed by atoms with Gasteiger partial charge in [-0.2, -0.15) is 0 Å². The molecule has 0 aromatic heterocycles. The summed E-state index contributed by atoms with van der Waals surface area (Å²) in [4.78, 5) is 14.9. The lowest BCUT2D eigenvalue weighted by atomic mass is 10.5. The summed E-state index contributed by atoms with van der Waals surface area (Å²) in [6.45, 7) is 4.15. The molecule has 0 bridgehead atoms. The van der Waals surface area contributed by atoms with Crippen LogP contribution in [0.5, 0.6) is 0 Å². The highest BCUT2D eigenvalue weighted by atomic mass is 16.6. The van der Waals surface area contributed by atoms with Crippen molar-refractivity contribution < 1.29 is 14.3 Å². The first-order valence-corrected chi connectivity index (χ1v) is 4.03. The van der Waals surface area contributed by atoms with E-state index in [2.05, 4.69) is 4.99 Å². The van der Waals surface area contributed by atoms with Crippen molar-refractivity contribution in [1.82, 2.24) is 0 Å². The third-order valence-electron chi connectivity index (χ3n) is 1.31. The fourth-order valence-electron chi connectivity index (χ4n) is 0.785. The van der Waals surface area contributed by atoms with E-state index < -0.39 is 5.97 Å². The van der Waals surface area contributed by atoms with Crippen LogP contribution in [0.3, 0.4) is 0 Å². The average Bonchev–Trinajstić information content (AvgIpc) is 2.44. The summed E-state index contributed by atoms with van der Waals surface area (Å²) in [6, 6.07) is 0. The van der Waals surface area contributed by atoms with Gasteiger partial charge in [0.15, 0.2) is 5.70 Å². The van der Waals surface area contributed by atoms with Gasteiger partial charge in [-0.05, 0) is 19.9 Å². The van der Waals surface area contributed by atoms with Crippen molar-refractivity contribution >= 4 is 11.9 Å². The van der Waals surface area contributed by atoms with Gasteiger partial charge < -0.3 is 9.47 Å². The molecule has 0 unspecified atom stereocenters. The maximum atomic E-state index is 11.0. The zero-order valence-electron chi connectivity index (χ0n) is 7.61. The van der Waals surface area contributed by atoms with Crippen LogP contribution < -0.4 is 0 Å². The first-order valence-electron chi connectivity index (χ1n) is 4.03. The van der Waals surface area contributed by atoms with Gasteiger partial charge >= 0.3 is 5.97 Å². The molecule has 4 heteroatoms. The largest absolute Gasteiger partial charge is 0.499 e. The van der Waals surface area contributed by atoms with E-state index in [0.717, 1.165) is 0 Å². The average molecular weight is 181 g/mol. The molecule has 4 nitrogen and oxygen atoms in total. The molecule has 0 saturated heterocycles. The molecule has 0 fully saturated rings. The van der Waals surface area contributed by atoms with Crippen molar-refractivity contribution in [1.29, 1.82) is 0 Å². The second-order valence-electron chi connectivity index (χ2n) is 2.30. The fourth-order valence-corrected chi connectivity index (χ4v) is 0.785. The Morgan fingerprint density at radius 1 is 1.62 bits per heavy atom. The smallest absolute Gasteiger partial charge is 0.367 e. The Labute approximate surface area is 76.6 Å². The number of carbonyl (C=O) groups excluding carboxylic acids is 1. The molecule has 0 radical (unpaired) electrons. The Balaban J connectivity index is 2.71. The standard InChI is InChI=1S/C9H11NO3/c1-3-5-8-10-7(6-12-4-2)9(11)13-8/h3,5-6H,4H2,1-2H3/b5-3+,7-6+. The molecule has 1 aliphatic heterocycles. The summed E-state index contributed by atoms with van der Waals surface area (Å²) < 4.78 is 9.71. The van der Waals surface area contributed by atoms with Crippen LogP contribution in [0.4, 0.5) is 0 Å². The van der Waals surface area contributed by atoms with Crippen LogP contribution in [-0.4, -0.2) is 18.5 Å². The van der Waals surface area contributed by atoms with E-state index in [9.17, 15) is 4.79 Å². The van der Waals surface area contributed by atoms with Gasteiger partial charge in [-0.3, -0.25) is 0 Å². The molecule has 0 amide bonds. The van der Waals surface area contributed by atoms with Gasteiger partial charge in [-0.1, -0.05) is 6.08 Å². The monoisotopic (exact) mass is 181 g/mol. The third kappa shape index (κ3) is 2.43. The van der Waals surface area contributed by atoms with Crippen molar-refractivity contribution in [2.24, 2.45) is 4.99 Å². The van der Waals surface area contributed by atoms with Crippen LogP contribution in [0.2, 0.25) is 0 Å². The van der Waals surface area contributed by atoms with Crippen LogP contribution >= 0.6 is 0 Å². The molecule has 0 saturated carbocycles. The van der Waals surface area contributed by atoms with Gasteiger partial charge in [0, 0.05) is 0 Å². The van der Waals surface area contributed by atoms with E-state index >= 15 is 0 Å². The minimum Gasteiger partial charge on any atom is -0.499 e. The van der Waals surface area contributed by atoms with Crippen LogP contribution in [0.25, 0.3) is 0 Å². The van der Waals surface area contributed by atoms with E-state index in [1.807, 2.05) is 13.8 Å². The molecular weight excluding hydrogens is 170 g/mol. The lowest BCUT2D eigenvalue weighted by Crippen LogP contribution is -2.01. The molecule has 0 aliphatic carbocycles. The number of hydrogen-bond donors (Lipinski definition) is 0. The lowest BCUT2D eigenvalue weighted by Gasteiger charge is -1.92. The first-order chi connectivity index (χ1) is 6.27. The number of cyclic esters (lactones) is 1. The van der Waals surface area contributed by atoms with E-state index in [4.69, 9.17) is 9.47 Å². The molecule has 0 atom stereocenters. The van der Waals surface area contributed by atoms with Crippen LogP contribution in [0.15, 0.2) is 29.1 Å². The van der Waals surface area contributed by atoms with Crippen molar-refractivity contribution in [3.8, 4) is 0 Å². The number of hydrogen-bond acceptors (Lipinski definition) is 4. The van der Waals surface area contributed by atoms with Gasteiger partial charge in [0.1, 0.15) is 6.26 Å². The van der Waals surface area contributed by atoms with Gasteiger partial charge in [0.25, 0.3) is 0 Å². The van der Waals surface area contributed by atoms with Gasteiger partial charge in [-0.25, -0.2) is 9.79 Å². The van der Waals surface area contributed by atoms with E-state index in [0.29, 0.717) is 12.5 Å². The topological polar surface area (TPSA) is 47.9 Å². The predicted molar refractivity (Wildman–Crippen MR) is 48.1 cm³/mol. The SMILES string of the molecule is C/C=C/C1=NC(=C/OCC)/C(=O)O1. The van der Waals surface area contributed by atoms with Crippen molar-refractivity contribution in [3.63, 3.8) is 0 Å². The van der Waals surface area contributed by atoms with Gasteiger partial charge in [0.05, 0.1) is 6.61 Å². The molecule has 1 aliphatic rings. The Bertz CT molecular complexity index is 289. The molecule has 0 aromatic rings. The van der Waals surface area contributed by atoms with Gasteiger partial charge in [-0.15, -0.1) is 0 Å². The Morgan fingerprint density at radius 2 is 2.38 bits per heavy atom. The minimum atomic E-state index is -0.471. The summed E-state index contributed by atoms with van der Waals surface area (Å²) in [7, 11) is 0. The van der Waals surface area contributed by atoms with Gasteiger partial charge in [0.2, 0.25) is 5.90 Å². The highest BCUT2D eigenvalue weighted by molar-refractivity contribution is 6.08. The molecule has 0 spiro atoms. The van der Waals surface area contributed by atoms with E-state index in [1.165, 1.54) is 6.26 Å². The number of esters is 1. The van der Waals surface area contributed by atoms with Crippen LogP contribution in [-0.2, 0) is 14.3 Å². The molecule has 70 valence electrons. The zero-order chi connectivity index (χ0) is 9.68. The summed E-state index contributed by atoms with van der Waals surface area (Å²) in [6.07, 6.45) is 4.67. The third-order valence-corrected chi connectivity index (χ3v) is 1.31. The lowest BCUT2D eigenvalue weighted by molar-refractivity contribution is -0.130. The number of ether oxygens (including phenoxy) is 2. The zero-order valence-corrected chi connectivity index (χ0v) is 7.61. The number of rotatable bonds is 3. The summed E-state index contributed by atoms with van der Waals surface area (Å²) >= 11 is 0. The highest BCUT2D eigenvalue weighted by Crippen LogP contribution is 2.11. The summed E-state index contributed by atoms with van der Waals surface area (Å²) in [5, 5.41) is 0.